The molecule has 0 spiro atoms. The molecule has 30 heavy (non-hydrogen) atoms. The number of carbonyl (C=O) groups is 1. The molecule has 2 unspecified atom stereocenters. The highest BCUT2D eigenvalue weighted by molar-refractivity contribution is 7.89. The number of hydrogen-bond donors (Lipinski definition) is 1. The van der Waals surface area contributed by atoms with Crippen LogP contribution in [0, 0.1) is 6.92 Å². The Hall–Kier alpha value is -2.26. The molecule has 1 aliphatic rings. The van der Waals surface area contributed by atoms with Crippen LogP contribution in [-0.4, -0.2) is 62.4 Å². The number of carbonyl (C=O) groups excluding carboxylic acids is 1. The van der Waals surface area contributed by atoms with Crippen molar-refractivity contribution < 1.29 is 17.9 Å². The Morgan fingerprint density at radius 3 is 2.40 bits per heavy atom. The van der Waals surface area contributed by atoms with Crippen LogP contribution < -0.4 is 5.73 Å². The normalized spacial score (nSPS) is 20.9. The van der Waals surface area contributed by atoms with E-state index < -0.39 is 22.1 Å². The Morgan fingerprint density at radius 1 is 1.10 bits per heavy atom. The van der Waals surface area contributed by atoms with Gasteiger partial charge in [0, 0.05) is 26.2 Å². The van der Waals surface area contributed by atoms with Crippen LogP contribution in [0.1, 0.15) is 17.5 Å². The maximum absolute atomic E-state index is 13.6. The molecule has 2 atom stereocenters. The van der Waals surface area contributed by atoms with E-state index in [1.807, 2.05) is 37.3 Å². The van der Waals surface area contributed by atoms with Gasteiger partial charge >= 0.3 is 0 Å². The number of benzene rings is 2. The van der Waals surface area contributed by atoms with E-state index in [9.17, 15) is 13.2 Å². The average Bonchev–Trinajstić information content (AvgIpc) is 2.86. The monoisotopic (exact) mass is 431 g/mol. The first-order chi connectivity index (χ1) is 14.3. The van der Waals surface area contributed by atoms with E-state index >= 15 is 0 Å². The smallest absolute Gasteiger partial charge is 0.244 e. The van der Waals surface area contributed by atoms with Gasteiger partial charge in [0.15, 0.2) is 0 Å². The van der Waals surface area contributed by atoms with Gasteiger partial charge in [-0.25, -0.2) is 8.42 Å². The molecule has 162 valence electrons. The average molecular weight is 432 g/mol. The largest absolute Gasteiger partial charge is 0.375 e. The van der Waals surface area contributed by atoms with Gasteiger partial charge in [-0.05, 0) is 31.0 Å². The summed E-state index contributed by atoms with van der Waals surface area (Å²) in [7, 11) is -2.26. The maximum Gasteiger partial charge on any atom is 0.244 e. The fourth-order valence-corrected chi connectivity index (χ4v) is 5.42. The molecular formula is C22H29N3O4S. The number of aryl methyl sites for hydroxylation is 1. The first kappa shape index (κ1) is 22.4. The Bertz CT molecular complexity index is 948. The summed E-state index contributed by atoms with van der Waals surface area (Å²) in [4.78, 5) is 14.8. The lowest BCUT2D eigenvalue weighted by Gasteiger charge is -2.33. The predicted molar refractivity (Wildman–Crippen MR) is 115 cm³/mol. The first-order valence-electron chi connectivity index (χ1n) is 10.0. The molecule has 2 aromatic rings. The van der Waals surface area contributed by atoms with E-state index in [0.29, 0.717) is 19.6 Å². The van der Waals surface area contributed by atoms with Crippen molar-refractivity contribution in [2.24, 2.45) is 5.73 Å². The van der Waals surface area contributed by atoms with Crippen LogP contribution in [0.2, 0.25) is 0 Å². The van der Waals surface area contributed by atoms with Gasteiger partial charge in [-0.2, -0.15) is 4.31 Å². The lowest BCUT2D eigenvalue weighted by Crippen LogP contribution is -2.54. The van der Waals surface area contributed by atoms with Crippen molar-refractivity contribution in [2.45, 2.75) is 36.9 Å². The van der Waals surface area contributed by atoms with Crippen LogP contribution in [-0.2, 0) is 26.2 Å². The Kier molecular flexibility index (Phi) is 7.25. The SMILES string of the molecule is Cc1ccc(S(=O)(=O)N2C(CN)CCN(C)C(=O)C2COCc2ccccc2)cc1. The molecule has 1 saturated heterocycles. The minimum absolute atomic E-state index is 0.0420. The van der Waals surface area contributed by atoms with Crippen molar-refractivity contribution in [1.82, 2.24) is 9.21 Å². The van der Waals surface area contributed by atoms with Gasteiger partial charge in [0.1, 0.15) is 6.04 Å². The van der Waals surface area contributed by atoms with Gasteiger partial charge in [-0.15, -0.1) is 0 Å². The Labute approximate surface area is 178 Å². The third-order valence-corrected chi connectivity index (χ3v) is 7.36. The fraction of sp³-hybridized carbons (Fsp3) is 0.409. The van der Waals surface area contributed by atoms with E-state index in [1.54, 1.807) is 36.2 Å². The number of hydrogen-bond acceptors (Lipinski definition) is 5. The quantitative estimate of drug-likeness (QED) is 0.721. The highest BCUT2D eigenvalue weighted by Crippen LogP contribution is 2.26. The number of nitrogens with zero attached hydrogens (tertiary/aromatic N) is 2. The van der Waals surface area contributed by atoms with Crippen LogP contribution in [0.4, 0.5) is 0 Å². The molecule has 2 aromatic carbocycles. The summed E-state index contributed by atoms with van der Waals surface area (Å²) in [5.41, 5.74) is 7.87. The van der Waals surface area contributed by atoms with Crippen LogP contribution in [0.15, 0.2) is 59.5 Å². The molecule has 1 fully saturated rings. The number of rotatable bonds is 7. The summed E-state index contributed by atoms with van der Waals surface area (Å²) in [6, 6.07) is 14.7. The minimum Gasteiger partial charge on any atom is -0.375 e. The van der Waals surface area contributed by atoms with Crippen LogP contribution in [0.5, 0.6) is 0 Å². The third-order valence-electron chi connectivity index (χ3n) is 5.38. The number of sulfonamides is 1. The zero-order valence-corrected chi connectivity index (χ0v) is 18.2. The van der Waals surface area contributed by atoms with Gasteiger partial charge < -0.3 is 15.4 Å². The second-order valence-electron chi connectivity index (χ2n) is 7.60. The number of likely N-dealkylation sites (N-methyl/N-ethyl adjacent to an activating group) is 1. The van der Waals surface area contributed by atoms with Gasteiger partial charge in [-0.1, -0.05) is 48.0 Å². The van der Waals surface area contributed by atoms with Crippen molar-refractivity contribution >= 4 is 15.9 Å². The van der Waals surface area contributed by atoms with Gasteiger partial charge in [-0.3, -0.25) is 4.79 Å². The van der Waals surface area contributed by atoms with Crippen LogP contribution >= 0.6 is 0 Å². The van der Waals surface area contributed by atoms with Crippen molar-refractivity contribution in [3.05, 3.63) is 65.7 Å². The van der Waals surface area contributed by atoms with E-state index in [4.69, 9.17) is 10.5 Å². The van der Waals surface area contributed by atoms with E-state index in [1.165, 1.54) is 4.31 Å². The molecule has 0 radical (unpaired) electrons. The van der Waals surface area contributed by atoms with Gasteiger partial charge in [0.2, 0.25) is 15.9 Å². The van der Waals surface area contributed by atoms with Crippen molar-refractivity contribution in [3.8, 4) is 0 Å². The fourth-order valence-electron chi connectivity index (χ4n) is 3.62. The summed E-state index contributed by atoms with van der Waals surface area (Å²) < 4.78 is 34.2. The second-order valence-corrected chi connectivity index (χ2v) is 9.45. The van der Waals surface area contributed by atoms with Crippen molar-refractivity contribution in [1.29, 1.82) is 0 Å². The van der Waals surface area contributed by atoms with Crippen molar-refractivity contribution in [3.63, 3.8) is 0 Å². The summed E-state index contributed by atoms with van der Waals surface area (Å²) in [6.07, 6.45) is 0.471. The summed E-state index contributed by atoms with van der Waals surface area (Å²) in [5, 5.41) is 0. The minimum atomic E-state index is -3.94. The molecule has 2 N–H and O–H groups in total. The van der Waals surface area contributed by atoms with E-state index in [2.05, 4.69) is 0 Å². The van der Waals surface area contributed by atoms with Gasteiger partial charge in [0.05, 0.1) is 18.1 Å². The number of ether oxygens (including phenoxy) is 1. The number of nitrogens with two attached hydrogens (primary N) is 1. The predicted octanol–water partition coefficient (Wildman–Crippen LogP) is 1.76. The summed E-state index contributed by atoms with van der Waals surface area (Å²) in [5.74, 6) is -0.283. The topological polar surface area (TPSA) is 92.9 Å². The highest BCUT2D eigenvalue weighted by Gasteiger charge is 2.43. The van der Waals surface area contributed by atoms with Crippen LogP contribution in [0.3, 0.4) is 0 Å². The zero-order chi connectivity index (χ0) is 21.7. The zero-order valence-electron chi connectivity index (χ0n) is 17.4. The Balaban J connectivity index is 1.92. The standard InChI is InChI=1S/C22H29N3O4S/c1-17-8-10-20(11-9-17)30(27,28)25-19(14-23)12-13-24(2)22(26)21(25)16-29-15-18-6-4-3-5-7-18/h3-11,19,21H,12-16,23H2,1-2H3. The molecule has 1 amide bonds. The van der Waals surface area contributed by atoms with Crippen LogP contribution in [0.25, 0.3) is 0 Å². The Morgan fingerprint density at radius 2 is 1.77 bits per heavy atom. The maximum atomic E-state index is 13.6. The van der Waals surface area contributed by atoms with Gasteiger partial charge in [0.25, 0.3) is 0 Å². The molecule has 8 heteroatoms. The molecule has 7 nitrogen and oxygen atoms in total. The summed E-state index contributed by atoms with van der Waals surface area (Å²) >= 11 is 0. The van der Waals surface area contributed by atoms with Crippen molar-refractivity contribution in [2.75, 3.05) is 26.7 Å². The molecule has 0 bridgehead atoms. The molecule has 3 rings (SSSR count). The third kappa shape index (κ3) is 4.89. The summed E-state index contributed by atoms with van der Waals surface area (Å²) in [6.45, 7) is 2.71. The molecule has 0 aliphatic carbocycles. The van der Waals surface area contributed by atoms with E-state index in [-0.39, 0.29) is 24.0 Å². The second kappa shape index (κ2) is 9.70. The number of amides is 1. The first-order valence-corrected chi connectivity index (χ1v) is 11.5. The molecule has 1 heterocycles. The molecular weight excluding hydrogens is 402 g/mol. The lowest BCUT2D eigenvalue weighted by atomic mass is 10.2. The highest BCUT2D eigenvalue weighted by atomic mass is 32.2. The molecule has 1 aliphatic heterocycles. The molecule has 0 saturated carbocycles. The lowest BCUT2D eigenvalue weighted by molar-refractivity contribution is -0.135. The molecule has 0 aromatic heterocycles. The van der Waals surface area contributed by atoms with E-state index in [0.717, 1.165) is 11.1 Å².